The number of nitrogens with one attached hydrogen (secondary N) is 2. The molecule has 2 aromatic rings. The van der Waals surface area contributed by atoms with Crippen molar-refractivity contribution in [2.75, 3.05) is 13.1 Å². The molecule has 2 aromatic heterocycles. The number of H-pyrrole nitrogens is 2. The van der Waals surface area contributed by atoms with Gasteiger partial charge in [-0.15, -0.1) is 0 Å². The second kappa shape index (κ2) is 6.24. The summed E-state index contributed by atoms with van der Waals surface area (Å²) in [5.41, 5.74) is 2.25. The molecule has 0 spiro atoms. The Balaban J connectivity index is 1.69. The van der Waals surface area contributed by atoms with Crippen molar-refractivity contribution in [2.24, 2.45) is 0 Å². The highest BCUT2D eigenvalue weighted by Gasteiger charge is 2.18. The maximum absolute atomic E-state index is 11.4. The molecule has 0 aromatic carbocycles. The third kappa shape index (κ3) is 3.73. The van der Waals surface area contributed by atoms with Crippen LogP contribution in [0.5, 0.6) is 0 Å². The molecule has 0 radical (unpaired) electrons. The lowest BCUT2D eigenvalue weighted by molar-refractivity contribution is 0.290. The van der Waals surface area contributed by atoms with Gasteiger partial charge in [0.1, 0.15) is 0 Å². The van der Waals surface area contributed by atoms with Crippen LogP contribution in [0.1, 0.15) is 38.4 Å². The van der Waals surface area contributed by atoms with Gasteiger partial charge in [-0.05, 0) is 32.8 Å². The Morgan fingerprint density at radius 2 is 2.04 bits per heavy atom. The minimum atomic E-state index is -0.458. The Hall–Kier alpha value is -2.41. The minimum Gasteiger partial charge on any atom is -0.310 e. The average Bonchev–Trinajstić information content (AvgIpc) is 2.97. The topological polar surface area (TPSA) is 86.8 Å². The molecule has 3 heterocycles. The van der Waals surface area contributed by atoms with E-state index in [0.29, 0.717) is 12.2 Å². The second-order valence-corrected chi connectivity index (χ2v) is 7.17. The van der Waals surface area contributed by atoms with E-state index in [1.807, 2.05) is 10.9 Å². The fraction of sp³-hybridized carbons (Fsp3) is 0.471. The number of hydrogen-bond donors (Lipinski definition) is 2. The maximum atomic E-state index is 11.4. The summed E-state index contributed by atoms with van der Waals surface area (Å²) < 4.78 is 1.98. The van der Waals surface area contributed by atoms with Crippen LogP contribution in [-0.4, -0.2) is 37.7 Å². The first kappa shape index (κ1) is 16.4. The predicted octanol–water partition coefficient (Wildman–Crippen LogP) is 1.30. The van der Waals surface area contributed by atoms with Crippen molar-refractivity contribution in [3.8, 4) is 0 Å². The van der Waals surface area contributed by atoms with Crippen LogP contribution in [0.3, 0.4) is 0 Å². The van der Waals surface area contributed by atoms with Crippen molar-refractivity contribution in [2.45, 2.75) is 39.3 Å². The number of nitrogens with zero attached hydrogens (tertiary/aromatic N) is 3. The van der Waals surface area contributed by atoms with Gasteiger partial charge in [0.05, 0.1) is 11.7 Å². The summed E-state index contributed by atoms with van der Waals surface area (Å²) in [7, 11) is 0. The summed E-state index contributed by atoms with van der Waals surface area (Å²) >= 11 is 0. The summed E-state index contributed by atoms with van der Waals surface area (Å²) in [6.45, 7) is 8.60. The van der Waals surface area contributed by atoms with E-state index in [4.69, 9.17) is 0 Å². The monoisotopic (exact) mass is 329 g/mol. The molecule has 2 N–H and O–H groups in total. The minimum absolute atomic E-state index is 0.0221. The van der Waals surface area contributed by atoms with E-state index in [1.54, 1.807) is 0 Å². The highest BCUT2D eigenvalue weighted by molar-refractivity contribution is 5.65. The first-order valence-corrected chi connectivity index (χ1v) is 8.11. The zero-order chi connectivity index (χ0) is 17.3. The van der Waals surface area contributed by atoms with Crippen LogP contribution < -0.4 is 11.2 Å². The number of aromatic amines is 2. The summed E-state index contributed by atoms with van der Waals surface area (Å²) in [4.78, 5) is 29.7. The zero-order valence-electron chi connectivity index (χ0n) is 14.3. The quantitative estimate of drug-likeness (QED) is 0.889. The third-order valence-electron chi connectivity index (χ3n) is 4.14. The lowest BCUT2D eigenvalue weighted by atomic mass is 10.0. The van der Waals surface area contributed by atoms with Crippen LogP contribution in [0.25, 0.3) is 5.57 Å². The summed E-state index contributed by atoms with van der Waals surface area (Å²) in [6, 6.07) is 1.44. The first-order chi connectivity index (χ1) is 11.3. The first-order valence-electron chi connectivity index (χ1n) is 8.11. The van der Waals surface area contributed by atoms with Gasteiger partial charge >= 0.3 is 5.69 Å². The maximum Gasteiger partial charge on any atom is 0.325 e. The van der Waals surface area contributed by atoms with Crippen LogP contribution in [0.4, 0.5) is 0 Å². The van der Waals surface area contributed by atoms with Crippen molar-refractivity contribution in [1.29, 1.82) is 0 Å². The van der Waals surface area contributed by atoms with Gasteiger partial charge in [0.15, 0.2) is 0 Å². The third-order valence-corrected chi connectivity index (χ3v) is 4.14. The largest absolute Gasteiger partial charge is 0.325 e. The van der Waals surface area contributed by atoms with E-state index in [2.05, 4.69) is 53.0 Å². The van der Waals surface area contributed by atoms with E-state index >= 15 is 0 Å². The molecule has 0 saturated carbocycles. The molecular formula is C17H23N5O2. The van der Waals surface area contributed by atoms with Gasteiger partial charge in [-0.25, -0.2) is 4.79 Å². The normalized spacial score (nSPS) is 16.2. The van der Waals surface area contributed by atoms with Crippen molar-refractivity contribution < 1.29 is 0 Å². The molecule has 128 valence electrons. The molecule has 1 aliphatic rings. The van der Waals surface area contributed by atoms with Gasteiger partial charge in [0, 0.05) is 43.2 Å². The van der Waals surface area contributed by atoms with Crippen LogP contribution in [-0.2, 0) is 12.1 Å². The summed E-state index contributed by atoms with van der Waals surface area (Å²) in [5, 5.41) is 4.45. The standard InChI is InChI=1S/C17H23N5O2/c1-17(2,3)22-10-13(9-18-22)12-4-6-21(7-5-12)11-14-8-15(23)20-16(24)19-14/h4,8-10H,5-7,11H2,1-3H3,(H2,19,20,23,24). The highest BCUT2D eigenvalue weighted by atomic mass is 16.2. The van der Waals surface area contributed by atoms with Gasteiger partial charge < -0.3 is 4.98 Å². The Morgan fingerprint density at radius 1 is 1.25 bits per heavy atom. The van der Waals surface area contributed by atoms with Crippen LogP contribution in [0, 0.1) is 0 Å². The Bertz CT molecular complexity index is 838. The van der Waals surface area contributed by atoms with Gasteiger partial charge in [-0.2, -0.15) is 5.10 Å². The predicted molar refractivity (Wildman–Crippen MR) is 92.8 cm³/mol. The smallest absolute Gasteiger partial charge is 0.310 e. The van der Waals surface area contributed by atoms with Crippen molar-refractivity contribution in [1.82, 2.24) is 24.6 Å². The second-order valence-electron chi connectivity index (χ2n) is 7.17. The van der Waals surface area contributed by atoms with Crippen LogP contribution in [0.15, 0.2) is 34.1 Å². The highest BCUT2D eigenvalue weighted by Crippen LogP contribution is 2.24. The fourth-order valence-electron chi connectivity index (χ4n) is 2.82. The summed E-state index contributed by atoms with van der Waals surface area (Å²) in [5.74, 6) is 0. The molecule has 7 nitrogen and oxygen atoms in total. The molecule has 24 heavy (non-hydrogen) atoms. The van der Waals surface area contributed by atoms with E-state index < -0.39 is 5.69 Å². The molecule has 0 atom stereocenters. The van der Waals surface area contributed by atoms with E-state index in [9.17, 15) is 9.59 Å². The molecule has 3 rings (SSSR count). The molecule has 0 unspecified atom stereocenters. The van der Waals surface area contributed by atoms with Crippen LogP contribution in [0.2, 0.25) is 0 Å². The van der Waals surface area contributed by atoms with E-state index in [1.165, 1.54) is 11.6 Å². The molecule has 7 heteroatoms. The number of rotatable bonds is 3. The average molecular weight is 329 g/mol. The van der Waals surface area contributed by atoms with Gasteiger partial charge in [0.25, 0.3) is 5.56 Å². The zero-order valence-corrected chi connectivity index (χ0v) is 14.3. The van der Waals surface area contributed by atoms with Crippen molar-refractivity contribution in [3.63, 3.8) is 0 Å². The lowest BCUT2D eigenvalue weighted by Crippen LogP contribution is -2.31. The molecule has 0 aliphatic carbocycles. The van der Waals surface area contributed by atoms with Crippen LogP contribution >= 0.6 is 0 Å². The SMILES string of the molecule is CC(C)(C)n1cc(C2=CCN(Cc3cc(=O)[nH]c(=O)[nH]3)CC2)cn1. The molecule has 0 amide bonds. The molecule has 0 bridgehead atoms. The van der Waals surface area contributed by atoms with Gasteiger partial charge in [-0.3, -0.25) is 19.4 Å². The van der Waals surface area contributed by atoms with Gasteiger partial charge in [0.2, 0.25) is 0 Å². The van der Waals surface area contributed by atoms with E-state index in [0.717, 1.165) is 25.1 Å². The molecular weight excluding hydrogens is 306 g/mol. The van der Waals surface area contributed by atoms with E-state index in [-0.39, 0.29) is 11.1 Å². The van der Waals surface area contributed by atoms with Crippen molar-refractivity contribution in [3.05, 3.63) is 56.6 Å². The lowest BCUT2D eigenvalue weighted by Gasteiger charge is -2.25. The molecule has 0 fully saturated rings. The summed E-state index contributed by atoms with van der Waals surface area (Å²) in [6.07, 6.45) is 7.12. The number of aromatic nitrogens is 4. The molecule has 1 aliphatic heterocycles. The van der Waals surface area contributed by atoms with Gasteiger partial charge in [-0.1, -0.05) is 6.08 Å². The van der Waals surface area contributed by atoms with Crippen molar-refractivity contribution >= 4 is 5.57 Å². The Kier molecular flexibility index (Phi) is 4.28. The fourth-order valence-corrected chi connectivity index (χ4v) is 2.82. The molecule has 0 saturated heterocycles. The number of hydrogen-bond acceptors (Lipinski definition) is 4. The Labute approximate surface area is 140 Å². The Morgan fingerprint density at radius 3 is 2.62 bits per heavy atom.